The van der Waals surface area contributed by atoms with Crippen LogP contribution in [-0.2, 0) is 4.74 Å². The zero-order valence-corrected chi connectivity index (χ0v) is 16.4. The van der Waals surface area contributed by atoms with Gasteiger partial charge in [-0.15, -0.1) is 11.6 Å². The Kier molecular flexibility index (Phi) is 6.24. The summed E-state index contributed by atoms with van der Waals surface area (Å²) in [6, 6.07) is 0.635. The van der Waals surface area contributed by atoms with Crippen molar-refractivity contribution in [3.8, 4) is 0 Å². The van der Waals surface area contributed by atoms with Crippen molar-refractivity contribution in [3.05, 3.63) is 0 Å². The summed E-state index contributed by atoms with van der Waals surface area (Å²) in [5, 5.41) is 4.21. The molecule has 4 nitrogen and oxygen atoms in total. The normalized spacial score (nSPS) is 48.2. The minimum absolute atomic E-state index is 0.394. The first-order chi connectivity index (χ1) is 12.2. The second-order valence-electron chi connectivity index (χ2n) is 8.97. The summed E-state index contributed by atoms with van der Waals surface area (Å²) in [5.74, 6) is 2.37. The second-order valence-corrected chi connectivity index (χ2v) is 9.59. The first-order valence-electron chi connectivity index (χ1n) is 10.7. The molecule has 3 N–H and O–H groups in total. The van der Waals surface area contributed by atoms with Crippen LogP contribution in [0.1, 0.15) is 71.1 Å². The van der Waals surface area contributed by atoms with Crippen LogP contribution in [-0.4, -0.2) is 36.3 Å². The van der Waals surface area contributed by atoms with Crippen LogP contribution in [0.4, 0.5) is 0 Å². The maximum absolute atomic E-state index is 6.34. The molecule has 2 aliphatic heterocycles. The van der Waals surface area contributed by atoms with Crippen LogP contribution < -0.4 is 16.2 Å². The van der Waals surface area contributed by atoms with E-state index in [-0.39, 0.29) is 0 Å². The van der Waals surface area contributed by atoms with E-state index in [4.69, 9.17) is 16.3 Å². The Bertz CT molecular complexity index is 429. The SMILES string of the molecule is CC1CCC(CNC2NNC(C3CCC(Cl)CC3)C3CCCCC23)O1. The molecule has 2 saturated heterocycles. The molecular weight excluding hydrogens is 334 g/mol. The first kappa shape index (κ1) is 18.5. The van der Waals surface area contributed by atoms with Crippen LogP contribution in [0.5, 0.6) is 0 Å². The fourth-order valence-corrected chi connectivity index (χ4v) is 6.10. The van der Waals surface area contributed by atoms with Crippen LogP contribution in [0.2, 0.25) is 0 Å². The van der Waals surface area contributed by atoms with E-state index in [0.717, 1.165) is 24.3 Å². The number of hydrogen-bond donors (Lipinski definition) is 3. The van der Waals surface area contributed by atoms with Gasteiger partial charge in [0.05, 0.1) is 18.4 Å². The van der Waals surface area contributed by atoms with Crippen molar-refractivity contribution in [3.63, 3.8) is 0 Å². The number of halogens is 1. The highest BCUT2D eigenvalue weighted by Gasteiger charge is 2.44. The maximum Gasteiger partial charge on any atom is 0.0736 e. The highest BCUT2D eigenvalue weighted by atomic mass is 35.5. The number of nitrogens with one attached hydrogen (secondary N) is 3. The molecule has 0 aromatic heterocycles. The fourth-order valence-electron chi connectivity index (χ4n) is 5.85. The van der Waals surface area contributed by atoms with Crippen molar-refractivity contribution in [1.29, 1.82) is 0 Å². The molecule has 2 saturated carbocycles. The molecule has 6 unspecified atom stereocenters. The van der Waals surface area contributed by atoms with Crippen LogP contribution in [0.3, 0.4) is 0 Å². The monoisotopic (exact) mass is 369 g/mol. The van der Waals surface area contributed by atoms with Gasteiger partial charge in [-0.1, -0.05) is 12.8 Å². The zero-order valence-electron chi connectivity index (χ0n) is 15.7. The van der Waals surface area contributed by atoms with Gasteiger partial charge in [-0.3, -0.25) is 10.7 Å². The molecular formula is C20H36ClN3O. The number of ether oxygens (including phenoxy) is 1. The Hall–Kier alpha value is 0.130. The highest BCUT2D eigenvalue weighted by Crippen LogP contribution is 2.41. The summed E-state index contributed by atoms with van der Waals surface area (Å²) in [4.78, 5) is 0. The van der Waals surface area contributed by atoms with Gasteiger partial charge >= 0.3 is 0 Å². The third-order valence-corrected chi connectivity index (χ3v) is 7.70. The van der Waals surface area contributed by atoms with Crippen LogP contribution >= 0.6 is 11.6 Å². The average Bonchev–Trinajstić information content (AvgIpc) is 3.06. The molecule has 4 fully saturated rings. The molecule has 0 radical (unpaired) electrons. The third-order valence-electron chi connectivity index (χ3n) is 7.26. The molecule has 4 rings (SSSR count). The summed E-state index contributed by atoms with van der Waals surface area (Å²) in [6.07, 6.45) is 14.2. The summed E-state index contributed by atoms with van der Waals surface area (Å²) in [7, 11) is 0. The minimum Gasteiger partial charge on any atom is -0.374 e. The molecule has 2 heterocycles. The number of hydrogen-bond acceptors (Lipinski definition) is 4. The average molecular weight is 370 g/mol. The number of hydrazine groups is 1. The Morgan fingerprint density at radius 3 is 2.40 bits per heavy atom. The van der Waals surface area contributed by atoms with Gasteiger partial charge in [0.25, 0.3) is 0 Å². The lowest BCUT2D eigenvalue weighted by Gasteiger charge is -2.50. The standard InChI is InChI=1S/C20H36ClN3O/c1-13-6-11-16(25-13)12-22-20-18-5-3-2-4-17(18)19(23-24-20)14-7-9-15(21)10-8-14/h13-20,22-24H,2-12H2,1H3. The predicted octanol–water partition coefficient (Wildman–Crippen LogP) is 3.55. The number of rotatable bonds is 4. The van der Waals surface area contributed by atoms with E-state index in [1.165, 1.54) is 64.2 Å². The quantitative estimate of drug-likeness (QED) is 0.663. The molecule has 0 amide bonds. The van der Waals surface area contributed by atoms with Crippen LogP contribution in [0.25, 0.3) is 0 Å². The van der Waals surface area contributed by atoms with E-state index >= 15 is 0 Å². The smallest absolute Gasteiger partial charge is 0.0736 e. The van der Waals surface area contributed by atoms with E-state index in [9.17, 15) is 0 Å². The van der Waals surface area contributed by atoms with Crippen molar-refractivity contribution in [2.75, 3.05) is 6.54 Å². The van der Waals surface area contributed by atoms with Gasteiger partial charge in [-0.05, 0) is 76.0 Å². The molecule has 0 aromatic rings. The van der Waals surface area contributed by atoms with Crippen LogP contribution in [0, 0.1) is 17.8 Å². The van der Waals surface area contributed by atoms with Gasteiger partial charge in [0.2, 0.25) is 0 Å². The molecule has 5 heteroatoms. The fraction of sp³-hybridized carbons (Fsp3) is 1.00. The molecule has 0 spiro atoms. The van der Waals surface area contributed by atoms with Gasteiger partial charge in [-0.2, -0.15) is 0 Å². The van der Waals surface area contributed by atoms with Gasteiger partial charge in [-0.25, -0.2) is 5.43 Å². The van der Waals surface area contributed by atoms with E-state index in [1.807, 2.05) is 0 Å². The Labute approximate surface area is 158 Å². The van der Waals surface area contributed by atoms with Crippen molar-refractivity contribution in [2.24, 2.45) is 17.8 Å². The van der Waals surface area contributed by atoms with Gasteiger partial charge in [0, 0.05) is 18.0 Å². The Balaban J connectivity index is 1.34. The molecule has 4 aliphatic rings. The maximum atomic E-state index is 6.34. The lowest BCUT2D eigenvalue weighted by Crippen LogP contribution is -2.68. The third kappa shape index (κ3) is 4.35. The van der Waals surface area contributed by atoms with Crippen molar-refractivity contribution >= 4 is 11.6 Å². The topological polar surface area (TPSA) is 45.3 Å². The molecule has 2 aliphatic carbocycles. The van der Waals surface area contributed by atoms with Crippen molar-refractivity contribution < 1.29 is 4.74 Å². The lowest BCUT2D eigenvalue weighted by atomic mass is 9.67. The molecule has 25 heavy (non-hydrogen) atoms. The van der Waals surface area contributed by atoms with E-state index in [2.05, 4.69) is 23.1 Å². The molecule has 6 atom stereocenters. The Morgan fingerprint density at radius 2 is 1.68 bits per heavy atom. The largest absolute Gasteiger partial charge is 0.374 e. The second kappa shape index (κ2) is 8.43. The number of fused-ring (bicyclic) bond motifs is 1. The number of alkyl halides is 1. The van der Waals surface area contributed by atoms with E-state index < -0.39 is 0 Å². The minimum atomic E-state index is 0.394. The molecule has 144 valence electrons. The predicted molar refractivity (Wildman–Crippen MR) is 102 cm³/mol. The summed E-state index contributed by atoms with van der Waals surface area (Å²) in [6.45, 7) is 3.17. The highest BCUT2D eigenvalue weighted by molar-refractivity contribution is 6.20. The van der Waals surface area contributed by atoms with Crippen LogP contribution in [0.15, 0.2) is 0 Å². The van der Waals surface area contributed by atoms with Gasteiger partial charge in [0.15, 0.2) is 0 Å². The molecule has 0 aromatic carbocycles. The zero-order chi connectivity index (χ0) is 17.2. The Morgan fingerprint density at radius 1 is 0.920 bits per heavy atom. The summed E-state index contributed by atoms with van der Waals surface area (Å²) < 4.78 is 5.99. The first-order valence-corrected chi connectivity index (χ1v) is 11.2. The van der Waals surface area contributed by atoms with Gasteiger partial charge in [0.1, 0.15) is 0 Å². The van der Waals surface area contributed by atoms with E-state index in [1.54, 1.807) is 0 Å². The van der Waals surface area contributed by atoms with E-state index in [0.29, 0.717) is 29.8 Å². The lowest BCUT2D eigenvalue weighted by molar-refractivity contribution is 0.0116. The van der Waals surface area contributed by atoms with Gasteiger partial charge < -0.3 is 4.74 Å². The van der Waals surface area contributed by atoms with Crippen molar-refractivity contribution in [1.82, 2.24) is 16.2 Å². The summed E-state index contributed by atoms with van der Waals surface area (Å²) >= 11 is 6.34. The summed E-state index contributed by atoms with van der Waals surface area (Å²) in [5.41, 5.74) is 7.40. The van der Waals surface area contributed by atoms with Crippen molar-refractivity contribution in [2.45, 2.75) is 101 Å². The molecule has 0 bridgehead atoms.